The molecule has 3 nitrogen and oxygen atoms in total. The van der Waals surface area contributed by atoms with E-state index in [1.54, 1.807) is 0 Å². The Morgan fingerprint density at radius 1 is 0.900 bits per heavy atom. The van der Waals surface area contributed by atoms with Gasteiger partial charge in [0.15, 0.2) is 5.78 Å². The van der Waals surface area contributed by atoms with Crippen LogP contribution in [0.1, 0.15) is 53.7 Å². The average molecular weight is 399 g/mol. The van der Waals surface area contributed by atoms with Gasteiger partial charge >= 0.3 is 0 Å². The van der Waals surface area contributed by atoms with Crippen molar-refractivity contribution in [1.82, 2.24) is 9.88 Å². The number of piperidine rings is 1. The average Bonchev–Trinajstić information content (AvgIpc) is 2.79. The standard InChI is InChI=1S/C27H30N2O/c30-27-22(12-13-26-24(27)18-23-8-4-5-9-25(23)28-26)11-10-20-14-16-29(17-15-20)19-21-6-2-1-3-7-21/h1-9,18,20,22H,10-17,19H2. The monoisotopic (exact) mass is 398 g/mol. The van der Waals surface area contributed by atoms with Gasteiger partial charge in [0.05, 0.1) is 11.2 Å². The molecule has 0 amide bonds. The second-order valence-electron chi connectivity index (χ2n) is 9.06. The van der Waals surface area contributed by atoms with Crippen molar-refractivity contribution in [2.45, 2.75) is 45.1 Å². The fourth-order valence-electron chi connectivity index (χ4n) is 5.21. The molecule has 1 unspecified atom stereocenters. The molecule has 1 saturated heterocycles. The highest BCUT2D eigenvalue weighted by Gasteiger charge is 2.29. The molecule has 1 aliphatic carbocycles. The van der Waals surface area contributed by atoms with Crippen LogP contribution in [0.5, 0.6) is 0 Å². The maximum absolute atomic E-state index is 13.1. The number of rotatable bonds is 5. The van der Waals surface area contributed by atoms with E-state index in [2.05, 4.69) is 47.4 Å². The lowest BCUT2D eigenvalue weighted by Gasteiger charge is -2.33. The fraction of sp³-hybridized carbons (Fsp3) is 0.407. The molecule has 2 aliphatic rings. The number of ketones is 1. The fourth-order valence-corrected chi connectivity index (χ4v) is 5.21. The number of fused-ring (bicyclic) bond motifs is 2. The number of hydrogen-bond donors (Lipinski definition) is 0. The van der Waals surface area contributed by atoms with Gasteiger partial charge in [0.2, 0.25) is 0 Å². The number of carbonyl (C=O) groups excluding carboxylic acids is 1. The van der Waals surface area contributed by atoms with E-state index in [1.807, 2.05) is 18.2 Å². The molecule has 1 aliphatic heterocycles. The Bertz CT molecular complexity index is 1020. The smallest absolute Gasteiger partial charge is 0.167 e. The van der Waals surface area contributed by atoms with Gasteiger partial charge < -0.3 is 0 Å². The van der Waals surface area contributed by atoms with Crippen LogP contribution >= 0.6 is 0 Å². The van der Waals surface area contributed by atoms with E-state index in [9.17, 15) is 4.79 Å². The quantitative estimate of drug-likeness (QED) is 0.555. The van der Waals surface area contributed by atoms with Crippen LogP contribution < -0.4 is 0 Å². The number of aromatic nitrogens is 1. The normalized spacial score (nSPS) is 20.4. The topological polar surface area (TPSA) is 33.2 Å². The summed E-state index contributed by atoms with van der Waals surface area (Å²) in [5.74, 6) is 1.28. The predicted molar refractivity (Wildman–Crippen MR) is 122 cm³/mol. The maximum Gasteiger partial charge on any atom is 0.167 e. The van der Waals surface area contributed by atoms with Crippen molar-refractivity contribution in [2.24, 2.45) is 11.8 Å². The molecule has 2 heterocycles. The zero-order chi connectivity index (χ0) is 20.3. The van der Waals surface area contributed by atoms with Crippen molar-refractivity contribution in [1.29, 1.82) is 0 Å². The minimum absolute atomic E-state index is 0.183. The molecule has 1 aromatic heterocycles. The molecule has 0 spiro atoms. The van der Waals surface area contributed by atoms with Crippen molar-refractivity contribution in [3.05, 3.63) is 77.5 Å². The van der Waals surface area contributed by atoms with Crippen LogP contribution in [0.3, 0.4) is 0 Å². The third-order valence-corrected chi connectivity index (χ3v) is 7.05. The summed E-state index contributed by atoms with van der Waals surface area (Å²) in [6, 6.07) is 21.0. The van der Waals surface area contributed by atoms with Crippen molar-refractivity contribution >= 4 is 16.7 Å². The van der Waals surface area contributed by atoms with Gasteiger partial charge in [0.1, 0.15) is 0 Å². The van der Waals surface area contributed by atoms with Crippen molar-refractivity contribution < 1.29 is 4.79 Å². The summed E-state index contributed by atoms with van der Waals surface area (Å²) in [5.41, 5.74) is 4.29. The third kappa shape index (κ3) is 4.17. The number of carbonyl (C=O) groups is 1. The number of hydrogen-bond acceptors (Lipinski definition) is 3. The lowest BCUT2D eigenvalue weighted by Crippen LogP contribution is -2.33. The molecule has 30 heavy (non-hydrogen) atoms. The van der Waals surface area contributed by atoms with Crippen LogP contribution in [0.15, 0.2) is 60.7 Å². The first-order chi connectivity index (χ1) is 14.8. The molecule has 3 aromatic rings. The zero-order valence-electron chi connectivity index (χ0n) is 17.6. The molecule has 0 radical (unpaired) electrons. The predicted octanol–water partition coefficient (Wildman–Crippen LogP) is 5.67. The summed E-state index contributed by atoms with van der Waals surface area (Å²) in [5, 5.41) is 1.08. The molecule has 154 valence electrons. The molecule has 2 aromatic carbocycles. The second-order valence-corrected chi connectivity index (χ2v) is 9.06. The third-order valence-electron chi connectivity index (χ3n) is 7.05. The zero-order valence-corrected chi connectivity index (χ0v) is 17.6. The molecule has 1 fully saturated rings. The molecule has 0 bridgehead atoms. The Morgan fingerprint density at radius 3 is 2.50 bits per heavy atom. The van der Waals surface area contributed by atoms with Crippen molar-refractivity contribution in [2.75, 3.05) is 13.1 Å². The molecule has 0 saturated carbocycles. The number of para-hydroxylation sites is 1. The molecule has 5 rings (SSSR count). The summed E-state index contributed by atoms with van der Waals surface area (Å²) < 4.78 is 0. The van der Waals surface area contributed by atoms with E-state index in [0.29, 0.717) is 5.78 Å². The van der Waals surface area contributed by atoms with E-state index in [1.165, 1.54) is 37.9 Å². The van der Waals surface area contributed by atoms with Crippen LogP contribution in [0.2, 0.25) is 0 Å². The first-order valence-corrected chi connectivity index (χ1v) is 11.5. The number of Topliss-reactive ketones (excluding diaryl/α,β-unsaturated/α-hetero) is 1. The van der Waals surface area contributed by atoms with Crippen LogP contribution in [-0.2, 0) is 13.0 Å². The van der Waals surface area contributed by atoms with E-state index in [-0.39, 0.29) is 5.92 Å². The maximum atomic E-state index is 13.1. The van der Waals surface area contributed by atoms with E-state index in [4.69, 9.17) is 4.98 Å². The molecule has 0 N–H and O–H groups in total. The molecule has 3 heteroatoms. The van der Waals surface area contributed by atoms with Gasteiger partial charge in [-0.15, -0.1) is 0 Å². The van der Waals surface area contributed by atoms with Gasteiger partial charge in [-0.2, -0.15) is 0 Å². The number of likely N-dealkylation sites (tertiary alicyclic amines) is 1. The summed E-state index contributed by atoms with van der Waals surface area (Å²) in [6.07, 6.45) is 6.64. The number of aryl methyl sites for hydroxylation is 1. The highest BCUT2D eigenvalue weighted by molar-refractivity contribution is 6.02. The number of nitrogens with zero attached hydrogens (tertiary/aromatic N) is 2. The van der Waals surface area contributed by atoms with Gasteiger partial charge in [0, 0.05) is 23.4 Å². The lowest BCUT2D eigenvalue weighted by atomic mass is 9.79. The highest BCUT2D eigenvalue weighted by Crippen LogP contribution is 2.32. The largest absolute Gasteiger partial charge is 0.299 e. The Kier molecular flexibility index (Phi) is 5.63. The molecular formula is C27H30N2O. The summed E-state index contributed by atoms with van der Waals surface area (Å²) in [6.45, 7) is 3.42. The Labute approximate surface area is 179 Å². The van der Waals surface area contributed by atoms with Crippen molar-refractivity contribution in [3.8, 4) is 0 Å². The highest BCUT2D eigenvalue weighted by atomic mass is 16.1. The van der Waals surface area contributed by atoms with Crippen LogP contribution in [0, 0.1) is 11.8 Å². The van der Waals surface area contributed by atoms with Crippen LogP contribution in [0.25, 0.3) is 10.9 Å². The first kappa shape index (κ1) is 19.4. The van der Waals surface area contributed by atoms with Gasteiger partial charge in [-0.05, 0) is 75.2 Å². The Hall–Kier alpha value is -2.52. The van der Waals surface area contributed by atoms with Crippen molar-refractivity contribution in [3.63, 3.8) is 0 Å². The van der Waals surface area contributed by atoms with Gasteiger partial charge in [-0.1, -0.05) is 48.5 Å². The second kappa shape index (κ2) is 8.69. The minimum Gasteiger partial charge on any atom is -0.299 e. The van der Waals surface area contributed by atoms with Crippen LogP contribution in [0.4, 0.5) is 0 Å². The van der Waals surface area contributed by atoms with E-state index in [0.717, 1.165) is 53.9 Å². The Balaban J connectivity index is 1.15. The number of pyridine rings is 1. The summed E-state index contributed by atoms with van der Waals surface area (Å²) in [7, 11) is 0. The van der Waals surface area contributed by atoms with Gasteiger partial charge in [-0.25, -0.2) is 0 Å². The van der Waals surface area contributed by atoms with Gasteiger partial charge in [-0.3, -0.25) is 14.7 Å². The molecule has 1 atom stereocenters. The minimum atomic E-state index is 0.183. The van der Waals surface area contributed by atoms with E-state index < -0.39 is 0 Å². The summed E-state index contributed by atoms with van der Waals surface area (Å²) in [4.78, 5) is 20.5. The lowest BCUT2D eigenvalue weighted by molar-refractivity contribution is 0.0880. The van der Waals surface area contributed by atoms with Crippen LogP contribution in [-0.4, -0.2) is 28.8 Å². The summed E-state index contributed by atoms with van der Waals surface area (Å²) >= 11 is 0. The SMILES string of the molecule is O=C1c2cc3ccccc3nc2CCC1CCC1CCN(Cc2ccccc2)CC1. The first-order valence-electron chi connectivity index (χ1n) is 11.5. The Morgan fingerprint density at radius 2 is 1.67 bits per heavy atom. The number of benzene rings is 2. The van der Waals surface area contributed by atoms with E-state index >= 15 is 0 Å². The van der Waals surface area contributed by atoms with Gasteiger partial charge in [0.25, 0.3) is 0 Å². The molecular weight excluding hydrogens is 368 g/mol.